The summed E-state index contributed by atoms with van der Waals surface area (Å²) in [6, 6.07) is 5.27. The van der Waals surface area contributed by atoms with E-state index in [0.29, 0.717) is 25.9 Å². The fourth-order valence-corrected chi connectivity index (χ4v) is 3.43. The maximum absolute atomic E-state index is 13.0. The van der Waals surface area contributed by atoms with Crippen LogP contribution < -0.4 is 0 Å². The van der Waals surface area contributed by atoms with Crippen molar-refractivity contribution in [3.63, 3.8) is 0 Å². The minimum atomic E-state index is -0.625. The number of nitrogens with zero attached hydrogens (tertiary/aromatic N) is 3. The van der Waals surface area contributed by atoms with Crippen LogP contribution in [0.2, 0.25) is 0 Å². The molecule has 1 atom stereocenters. The van der Waals surface area contributed by atoms with Crippen molar-refractivity contribution in [1.29, 1.82) is 0 Å². The lowest BCUT2D eigenvalue weighted by Gasteiger charge is -2.40. The first-order chi connectivity index (χ1) is 12.0. The standard InChI is InChI=1S/C18H22FN3O3/c1-2-16(23)20-8-3-9-22-15(11-20)18(25)21(12-17(22)24)10-13-4-6-14(19)7-5-13/h4-7,15H,2-3,8-12H2,1H3. The molecule has 0 N–H and O–H groups in total. The van der Waals surface area contributed by atoms with Gasteiger partial charge < -0.3 is 14.7 Å². The van der Waals surface area contributed by atoms with Gasteiger partial charge in [-0.15, -0.1) is 0 Å². The number of benzene rings is 1. The molecule has 0 spiro atoms. The average molecular weight is 347 g/mol. The van der Waals surface area contributed by atoms with E-state index in [9.17, 15) is 18.8 Å². The molecule has 1 aromatic carbocycles. The highest BCUT2D eigenvalue weighted by molar-refractivity contribution is 5.95. The summed E-state index contributed by atoms with van der Waals surface area (Å²) in [6.07, 6.45) is 1.06. The van der Waals surface area contributed by atoms with Crippen LogP contribution in [0, 0.1) is 5.82 Å². The minimum Gasteiger partial charge on any atom is -0.340 e. The predicted molar refractivity (Wildman–Crippen MR) is 88.8 cm³/mol. The van der Waals surface area contributed by atoms with Crippen molar-refractivity contribution in [2.24, 2.45) is 0 Å². The Labute approximate surface area is 146 Å². The summed E-state index contributed by atoms with van der Waals surface area (Å²) >= 11 is 0. The van der Waals surface area contributed by atoms with E-state index in [0.717, 1.165) is 5.56 Å². The van der Waals surface area contributed by atoms with Crippen LogP contribution in [-0.4, -0.2) is 64.6 Å². The lowest BCUT2D eigenvalue weighted by Crippen LogP contribution is -2.61. The van der Waals surface area contributed by atoms with Gasteiger partial charge in [-0.1, -0.05) is 19.1 Å². The van der Waals surface area contributed by atoms with Crippen molar-refractivity contribution in [2.75, 3.05) is 26.2 Å². The van der Waals surface area contributed by atoms with Crippen molar-refractivity contribution in [2.45, 2.75) is 32.4 Å². The Kier molecular flexibility index (Phi) is 5.01. The number of carbonyl (C=O) groups excluding carboxylic acids is 3. The Morgan fingerprint density at radius 3 is 2.60 bits per heavy atom. The van der Waals surface area contributed by atoms with Crippen LogP contribution in [0.3, 0.4) is 0 Å². The Hall–Kier alpha value is -2.44. The molecule has 1 unspecified atom stereocenters. The van der Waals surface area contributed by atoms with Gasteiger partial charge in [-0.2, -0.15) is 0 Å². The molecule has 134 valence electrons. The number of hydrogen-bond donors (Lipinski definition) is 0. The summed E-state index contributed by atoms with van der Waals surface area (Å²) in [5, 5.41) is 0. The zero-order valence-electron chi connectivity index (χ0n) is 14.3. The van der Waals surface area contributed by atoms with Crippen LogP contribution in [-0.2, 0) is 20.9 Å². The zero-order chi connectivity index (χ0) is 18.0. The molecule has 7 heteroatoms. The van der Waals surface area contributed by atoms with Crippen molar-refractivity contribution in [3.05, 3.63) is 35.6 Å². The number of fused-ring (bicyclic) bond motifs is 1. The summed E-state index contributed by atoms with van der Waals surface area (Å²) in [6.45, 7) is 3.38. The van der Waals surface area contributed by atoms with Crippen molar-refractivity contribution in [3.8, 4) is 0 Å². The van der Waals surface area contributed by atoms with Gasteiger partial charge in [0.2, 0.25) is 17.7 Å². The highest BCUT2D eigenvalue weighted by atomic mass is 19.1. The number of carbonyl (C=O) groups is 3. The second kappa shape index (κ2) is 7.21. The quantitative estimate of drug-likeness (QED) is 0.820. The molecule has 0 saturated carbocycles. The Bertz CT molecular complexity index is 677. The summed E-state index contributed by atoms with van der Waals surface area (Å²) in [4.78, 5) is 42.2. The molecule has 2 aliphatic heterocycles. The molecule has 3 rings (SSSR count). The SMILES string of the molecule is CCC(=O)N1CCCN2C(=O)CN(Cc3ccc(F)cc3)C(=O)C2C1. The zero-order valence-corrected chi connectivity index (χ0v) is 14.3. The average Bonchev–Trinajstić information content (AvgIpc) is 2.84. The number of amides is 3. The predicted octanol–water partition coefficient (Wildman–Crippen LogP) is 1.01. The van der Waals surface area contributed by atoms with E-state index >= 15 is 0 Å². The third-order valence-electron chi connectivity index (χ3n) is 4.78. The molecule has 3 amide bonds. The molecule has 2 fully saturated rings. The molecular formula is C18H22FN3O3. The Morgan fingerprint density at radius 2 is 1.92 bits per heavy atom. The lowest BCUT2D eigenvalue weighted by atomic mass is 10.1. The van der Waals surface area contributed by atoms with Crippen molar-refractivity contribution in [1.82, 2.24) is 14.7 Å². The monoisotopic (exact) mass is 347 g/mol. The number of rotatable bonds is 3. The van der Waals surface area contributed by atoms with Gasteiger partial charge in [-0.3, -0.25) is 14.4 Å². The summed E-state index contributed by atoms with van der Waals surface area (Å²) in [5.74, 6) is -0.594. The third kappa shape index (κ3) is 3.65. The van der Waals surface area contributed by atoms with Crippen LogP contribution >= 0.6 is 0 Å². The van der Waals surface area contributed by atoms with Gasteiger partial charge >= 0.3 is 0 Å². The summed E-state index contributed by atoms with van der Waals surface area (Å²) < 4.78 is 13.0. The first-order valence-corrected chi connectivity index (χ1v) is 8.60. The summed E-state index contributed by atoms with van der Waals surface area (Å²) in [5.41, 5.74) is 0.770. The van der Waals surface area contributed by atoms with E-state index in [1.807, 2.05) is 0 Å². The second-order valence-corrected chi connectivity index (χ2v) is 6.47. The molecule has 6 nitrogen and oxygen atoms in total. The molecule has 0 radical (unpaired) electrons. The van der Waals surface area contributed by atoms with Crippen molar-refractivity contribution < 1.29 is 18.8 Å². The van der Waals surface area contributed by atoms with Crippen molar-refractivity contribution >= 4 is 17.7 Å². The van der Waals surface area contributed by atoms with Crippen LogP contribution in [0.4, 0.5) is 4.39 Å². The first-order valence-electron chi connectivity index (χ1n) is 8.60. The first kappa shape index (κ1) is 17.4. The van der Waals surface area contributed by atoms with Gasteiger partial charge in [0.1, 0.15) is 18.4 Å². The smallest absolute Gasteiger partial charge is 0.247 e. The van der Waals surface area contributed by atoms with Gasteiger partial charge in [-0.05, 0) is 24.1 Å². The molecule has 2 aliphatic rings. The van der Waals surface area contributed by atoms with Gasteiger partial charge in [0.05, 0.1) is 6.54 Å². The maximum Gasteiger partial charge on any atom is 0.247 e. The van der Waals surface area contributed by atoms with E-state index in [1.54, 1.807) is 28.9 Å². The molecule has 0 aliphatic carbocycles. The Morgan fingerprint density at radius 1 is 1.20 bits per heavy atom. The van der Waals surface area contributed by atoms with Gasteiger partial charge in [0, 0.05) is 26.1 Å². The van der Waals surface area contributed by atoms with Crippen LogP contribution in [0.15, 0.2) is 24.3 Å². The Balaban J connectivity index is 1.78. The van der Waals surface area contributed by atoms with E-state index in [-0.39, 0.29) is 43.2 Å². The van der Waals surface area contributed by atoms with Crippen LogP contribution in [0.25, 0.3) is 0 Å². The fourth-order valence-electron chi connectivity index (χ4n) is 3.43. The molecule has 0 aromatic heterocycles. The molecule has 1 aromatic rings. The largest absolute Gasteiger partial charge is 0.340 e. The van der Waals surface area contributed by atoms with Crippen LogP contribution in [0.1, 0.15) is 25.3 Å². The van der Waals surface area contributed by atoms with E-state index < -0.39 is 6.04 Å². The van der Waals surface area contributed by atoms with Gasteiger partial charge in [0.25, 0.3) is 0 Å². The number of halogens is 1. The highest BCUT2D eigenvalue weighted by Gasteiger charge is 2.41. The molecule has 0 bridgehead atoms. The fraction of sp³-hybridized carbons (Fsp3) is 0.500. The molecule has 2 saturated heterocycles. The van der Waals surface area contributed by atoms with E-state index in [4.69, 9.17) is 0 Å². The van der Waals surface area contributed by atoms with E-state index in [1.165, 1.54) is 17.0 Å². The summed E-state index contributed by atoms with van der Waals surface area (Å²) in [7, 11) is 0. The molecular weight excluding hydrogens is 325 g/mol. The topological polar surface area (TPSA) is 60.9 Å². The molecule has 25 heavy (non-hydrogen) atoms. The minimum absolute atomic E-state index is 0.00208. The number of hydrogen-bond acceptors (Lipinski definition) is 3. The third-order valence-corrected chi connectivity index (χ3v) is 4.78. The maximum atomic E-state index is 13.0. The van der Waals surface area contributed by atoms with Gasteiger partial charge in [-0.25, -0.2) is 4.39 Å². The second-order valence-electron chi connectivity index (χ2n) is 6.47. The van der Waals surface area contributed by atoms with Gasteiger partial charge in [0.15, 0.2) is 0 Å². The van der Waals surface area contributed by atoms with Crippen LogP contribution in [0.5, 0.6) is 0 Å². The molecule has 2 heterocycles. The number of piperazine rings is 1. The highest BCUT2D eigenvalue weighted by Crippen LogP contribution is 2.20. The lowest BCUT2D eigenvalue weighted by molar-refractivity contribution is -0.157. The normalized spacial score (nSPS) is 21.2. The van der Waals surface area contributed by atoms with E-state index in [2.05, 4.69) is 0 Å².